The van der Waals surface area contributed by atoms with E-state index < -0.39 is 24.9 Å². The number of pyridine rings is 1. The lowest BCUT2D eigenvalue weighted by Crippen LogP contribution is -2.41. The van der Waals surface area contributed by atoms with Gasteiger partial charge in [0.25, 0.3) is 0 Å². The summed E-state index contributed by atoms with van der Waals surface area (Å²) >= 11 is 0. The van der Waals surface area contributed by atoms with Crippen molar-refractivity contribution in [2.24, 2.45) is 0 Å². The predicted octanol–water partition coefficient (Wildman–Crippen LogP) is 0.808. The number of carbonyl (C=O) groups is 1. The van der Waals surface area contributed by atoms with Crippen molar-refractivity contribution in [3.05, 3.63) is 30.1 Å². The molecule has 1 N–H and O–H groups in total. The van der Waals surface area contributed by atoms with E-state index >= 15 is 0 Å². The van der Waals surface area contributed by atoms with E-state index in [1.165, 1.54) is 0 Å². The van der Waals surface area contributed by atoms with E-state index in [1.807, 2.05) is 27.7 Å². The minimum Gasteiger partial charge on any atom is -0.399 e. The molecule has 2 aromatic rings. The number of ketones is 1. The van der Waals surface area contributed by atoms with Crippen molar-refractivity contribution in [2.75, 3.05) is 6.61 Å². The summed E-state index contributed by atoms with van der Waals surface area (Å²) in [4.78, 5) is 11.7. The van der Waals surface area contributed by atoms with Gasteiger partial charge in [-0.05, 0) is 39.8 Å². The van der Waals surface area contributed by atoms with Crippen LogP contribution in [-0.2, 0) is 9.31 Å². The zero-order valence-corrected chi connectivity index (χ0v) is 13.2. The molecule has 3 heterocycles. The van der Waals surface area contributed by atoms with Gasteiger partial charge < -0.3 is 14.4 Å². The van der Waals surface area contributed by atoms with E-state index in [4.69, 9.17) is 14.4 Å². The van der Waals surface area contributed by atoms with Crippen molar-refractivity contribution in [2.45, 2.75) is 38.9 Å². The fraction of sp³-hybridized carbons (Fsp3) is 0.467. The Hall–Kier alpha value is -1.70. The van der Waals surface area contributed by atoms with E-state index in [9.17, 15) is 4.79 Å². The molecule has 6 nitrogen and oxygen atoms in total. The molecule has 1 fully saturated rings. The Balaban J connectivity index is 2.03. The SMILES string of the molecule is CC1(C)OB(c2cnn3ccc(C(=O)CO)cc23)OC1(C)C. The molecule has 0 unspecified atom stereocenters. The van der Waals surface area contributed by atoms with Crippen LogP contribution in [0.3, 0.4) is 0 Å². The lowest BCUT2D eigenvalue weighted by Gasteiger charge is -2.32. The smallest absolute Gasteiger partial charge is 0.399 e. The number of rotatable bonds is 3. The lowest BCUT2D eigenvalue weighted by atomic mass is 9.80. The fourth-order valence-electron chi connectivity index (χ4n) is 2.42. The van der Waals surface area contributed by atoms with Crippen molar-refractivity contribution in [1.82, 2.24) is 9.61 Å². The maximum atomic E-state index is 11.7. The molecule has 0 bridgehead atoms. The second-order valence-electron chi connectivity index (χ2n) is 6.51. The third-order valence-corrected chi connectivity index (χ3v) is 4.52. The van der Waals surface area contributed by atoms with E-state index in [0.29, 0.717) is 5.56 Å². The normalized spacial score (nSPS) is 19.8. The number of hydrogen-bond acceptors (Lipinski definition) is 5. The van der Waals surface area contributed by atoms with Gasteiger partial charge in [-0.1, -0.05) is 0 Å². The fourth-order valence-corrected chi connectivity index (χ4v) is 2.42. The van der Waals surface area contributed by atoms with Crippen molar-refractivity contribution in [3.8, 4) is 0 Å². The molecule has 0 radical (unpaired) electrons. The first-order valence-corrected chi connectivity index (χ1v) is 7.22. The third kappa shape index (κ3) is 2.25. The average molecular weight is 302 g/mol. The van der Waals surface area contributed by atoms with Crippen LogP contribution in [0.15, 0.2) is 24.5 Å². The molecule has 1 aliphatic heterocycles. The molecular formula is C15H19BN2O4. The first-order chi connectivity index (χ1) is 10.2. The van der Waals surface area contributed by atoms with Gasteiger partial charge >= 0.3 is 7.12 Å². The summed E-state index contributed by atoms with van der Waals surface area (Å²) in [6.45, 7) is 7.42. The Bertz CT molecular complexity index is 722. The summed E-state index contributed by atoms with van der Waals surface area (Å²) in [6.07, 6.45) is 3.37. The van der Waals surface area contributed by atoms with Crippen molar-refractivity contribution >= 4 is 23.9 Å². The standard InChI is InChI=1S/C15H19BN2O4/c1-14(2)15(3,4)22-16(21-14)11-8-17-18-6-5-10(7-12(11)18)13(20)9-19/h5-8,19H,9H2,1-4H3. The number of aromatic nitrogens is 2. The maximum Gasteiger partial charge on any atom is 0.498 e. The molecule has 3 rings (SSSR count). The second-order valence-corrected chi connectivity index (χ2v) is 6.51. The van der Waals surface area contributed by atoms with E-state index in [0.717, 1.165) is 11.0 Å². The monoisotopic (exact) mass is 302 g/mol. The highest BCUT2D eigenvalue weighted by molar-refractivity contribution is 6.64. The van der Waals surface area contributed by atoms with Crippen LogP contribution in [0.5, 0.6) is 0 Å². The molecule has 0 aliphatic carbocycles. The Labute approximate surface area is 129 Å². The minimum atomic E-state index is -0.540. The largest absolute Gasteiger partial charge is 0.498 e. The van der Waals surface area contributed by atoms with Gasteiger partial charge in [0.05, 0.1) is 16.7 Å². The number of nitrogens with zero attached hydrogens (tertiary/aromatic N) is 2. The van der Waals surface area contributed by atoms with Gasteiger partial charge in [-0.3, -0.25) is 4.79 Å². The van der Waals surface area contributed by atoms with Gasteiger partial charge in [0.2, 0.25) is 0 Å². The number of aliphatic hydroxyl groups excluding tert-OH is 1. The van der Waals surface area contributed by atoms with Crippen LogP contribution < -0.4 is 5.46 Å². The van der Waals surface area contributed by atoms with E-state index in [-0.39, 0.29) is 5.78 Å². The molecule has 1 saturated heterocycles. The number of fused-ring (bicyclic) bond motifs is 1. The molecule has 1 aliphatic rings. The molecule has 0 amide bonds. The Kier molecular flexibility index (Phi) is 3.39. The Morgan fingerprint density at radius 3 is 2.55 bits per heavy atom. The third-order valence-electron chi connectivity index (χ3n) is 4.52. The zero-order valence-electron chi connectivity index (χ0n) is 13.2. The number of carbonyl (C=O) groups excluding carboxylic acids is 1. The molecule has 0 atom stereocenters. The summed E-state index contributed by atoms with van der Waals surface area (Å²) in [7, 11) is -0.540. The van der Waals surface area contributed by atoms with Crippen LogP contribution in [0.4, 0.5) is 0 Å². The second kappa shape index (κ2) is 4.91. The average Bonchev–Trinajstić information content (AvgIpc) is 2.96. The van der Waals surface area contributed by atoms with Gasteiger partial charge in [-0.15, -0.1) is 0 Å². The summed E-state index contributed by atoms with van der Waals surface area (Å²) in [6, 6.07) is 3.33. The van der Waals surface area contributed by atoms with Crippen LogP contribution in [0.25, 0.3) is 5.52 Å². The van der Waals surface area contributed by atoms with Crippen LogP contribution in [0.2, 0.25) is 0 Å². The van der Waals surface area contributed by atoms with Gasteiger partial charge in [0, 0.05) is 23.4 Å². The highest BCUT2D eigenvalue weighted by Gasteiger charge is 2.52. The van der Waals surface area contributed by atoms with Crippen LogP contribution in [0.1, 0.15) is 38.1 Å². The molecule has 7 heteroatoms. The van der Waals surface area contributed by atoms with Crippen molar-refractivity contribution < 1.29 is 19.2 Å². The highest BCUT2D eigenvalue weighted by Crippen LogP contribution is 2.36. The first-order valence-electron chi connectivity index (χ1n) is 7.22. The molecule has 22 heavy (non-hydrogen) atoms. The molecule has 0 saturated carbocycles. The highest BCUT2D eigenvalue weighted by atomic mass is 16.7. The van der Waals surface area contributed by atoms with Gasteiger partial charge in [0.1, 0.15) is 6.61 Å². The van der Waals surface area contributed by atoms with Crippen LogP contribution >= 0.6 is 0 Å². The molecular weight excluding hydrogens is 283 g/mol. The van der Waals surface area contributed by atoms with Gasteiger partial charge in [0.15, 0.2) is 5.78 Å². The molecule has 0 aromatic carbocycles. The summed E-state index contributed by atoms with van der Waals surface area (Å²) in [5.41, 5.74) is 1.06. The summed E-state index contributed by atoms with van der Waals surface area (Å²) < 4.78 is 13.7. The predicted molar refractivity (Wildman–Crippen MR) is 82.3 cm³/mol. The molecule has 0 spiro atoms. The van der Waals surface area contributed by atoms with Gasteiger partial charge in [-0.25, -0.2) is 4.52 Å². The lowest BCUT2D eigenvalue weighted by molar-refractivity contribution is 0.00578. The minimum absolute atomic E-state index is 0.330. The van der Waals surface area contributed by atoms with Crippen LogP contribution in [-0.4, -0.2) is 45.4 Å². The van der Waals surface area contributed by atoms with E-state index in [1.54, 1.807) is 29.0 Å². The Morgan fingerprint density at radius 1 is 1.32 bits per heavy atom. The summed E-state index contributed by atoms with van der Waals surface area (Å²) in [5.74, 6) is -0.330. The number of aliphatic hydroxyl groups is 1. The molecule has 116 valence electrons. The Morgan fingerprint density at radius 2 is 1.95 bits per heavy atom. The first kappa shape index (κ1) is 15.2. The van der Waals surface area contributed by atoms with Crippen molar-refractivity contribution in [1.29, 1.82) is 0 Å². The van der Waals surface area contributed by atoms with Crippen molar-refractivity contribution in [3.63, 3.8) is 0 Å². The zero-order chi connectivity index (χ0) is 16.1. The molecule has 2 aromatic heterocycles. The summed E-state index contributed by atoms with van der Waals surface area (Å²) in [5, 5.41) is 13.3. The quantitative estimate of drug-likeness (QED) is 0.671. The van der Waals surface area contributed by atoms with Gasteiger partial charge in [-0.2, -0.15) is 5.10 Å². The number of Topliss-reactive ketones (excluding diaryl/α,β-unsaturated/α-hetero) is 1. The topological polar surface area (TPSA) is 73.1 Å². The maximum absolute atomic E-state index is 11.7. The number of hydrogen-bond donors (Lipinski definition) is 1. The van der Waals surface area contributed by atoms with Crippen LogP contribution in [0, 0.1) is 0 Å². The van der Waals surface area contributed by atoms with E-state index in [2.05, 4.69) is 5.10 Å².